The third-order valence-electron chi connectivity index (χ3n) is 3.41. The van der Waals surface area contributed by atoms with Crippen molar-refractivity contribution in [1.29, 1.82) is 0 Å². The van der Waals surface area contributed by atoms with Crippen LogP contribution in [0.3, 0.4) is 0 Å². The first-order chi connectivity index (χ1) is 9.93. The highest BCUT2D eigenvalue weighted by Gasteiger charge is 2.49. The summed E-state index contributed by atoms with van der Waals surface area (Å²) >= 11 is 0. The van der Waals surface area contributed by atoms with Gasteiger partial charge in [-0.1, -0.05) is 44.5 Å². The molecule has 0 bridgehead atoms. The standard InChI is InChI=1S/C16H23F4N/c1-3-5-6-12-7-9-13(10-8-12)14(21-11-4-2)16(19,20)15(17)18/h7-10,14-15,21H,3-6,11H2,1-2H3. The normalized spacial score (nSPS) is 13.7. The van der Waals surface area contributed by atoms with Crippen LogP contribution in [0, 0.1) is 0 Å². The molecule has 0 aliphatic carbocycles. The van der Waals surface area contributed by atoms with Crippen LogP contribution in [0.2, 0.25) is 0 Å². The molecule has 0 aliphatic heterocycles. The Morgan fingerprint density at radius 1 is 1.05 bits per heavy atom. The van der Waals surface area contributed by atoms with Gasteiger partial charge in [0.25, 0.3) is 0 Å². The zero-order valence-corrected chi connectivity index (χ0v) is 12.5. The average Bonchev–Trinajstić information content (AvgIpc) is 2.46. The molecule has 1 atom stereocenters. The fourth-order valence-corrected chi connectivity index (χ4v) is 2.15. The molecule has 1 nitrogen and oxygen atoms in total. The van der Waals surface area contributed by atoms with Crippen molar-refractivity contribution in [3.05, 3.63) is 35.4 Å². The molecule has 0 radical (unpaired) electrons. The fourth-order valence-electron chi connectivity index (χ4n) is 2.15. The van der Waals surface area contributed by atoms with Gasteiger partial charge in [-0.3, -0.25) is 0 Å². The van der Waals surface area contributed by atoms with E-state index in [0.29, 0.717) is 6.42 Å². The summed E-state index contributed by atoms with van der Waals surface area (Å²) in [6, 6.07) is 4.88. The van der Waals surface area contributed by atoms with Crippen molar-refractivity contribution in [2.45, 2.75) is 57.9 Å². The SMILES string of the molecule is CCCCc1ccc(C(NCCC)C(F)(F)C(F)F)cc1. The molecule has 0 saturated carbocycles. The van der Waals surface area contributed by atoms with Crippen LogP contribution in [0.15, 0.2) is 24.3 Å². The summed E-state index contributed by atoms with van der Waals surface area (Å²) in [6.45, 7) is 4.14. The molecule has 0 spiro atoms. The molecular formula is C16H23F4N. The number of hydrogen-bond donors (Lipinski definition) is 1. The van der Waals surface area contributed by atoms with Crippen molar-refractivity contribution in [1.82, 2.24) is 5.32 Å². The highest BCUT2D eigenvalue weighted by Crippen LogP contribution is 2.36. The van der Waals surface area contributed by atoms with Gasteiger partial charge in [-0.2, -0.15) is 8.78 Å². The van der Waals surface area contributed by atoms with Crippen molar-refractivity contribution in [2.24, 2.45) is 0 Å². The first-order valence-corrected chi connectivity index (χ1v) is 7.41. The zero-order chi connectivity index (χ0) is 15.9. The second-order valence-corrected chi connectivity index (χ2v) is 5.21. The van der Waals surface area contributed by atoms with E-state index < -0.39 is 18.4 Å². The van der Waals surface area contributed by atoms with Crippen molar-refractivity contribution in [3.8, 4) is 0 Å². The maximum absolute atomic E-state index is 13.7. The summed E-state index contributed by atoms with van der Waals surface area (Å²) in [4.78, 5) is 0. The molecule has 1 N–H and O–H groups in total. The molecule has 0 fully saturated rings. The van der Waals surface area contributed by atoms with Gasteiger partial charge in [0.15, 0.2) is 0 Å². The minimum Gasteiger partial charge on any atom is -0.305 e. The van der Waals surface area contributed by atoms with Gasteiger partial charge >= 0.3 is 12.3 Å². The molecule has 120 valence electrons. The minimum atomic E-state index is -4.08. The molecule has 0 aliphatic rings. The Labute approximate surface area is 123 Å². The predicted octanol–water partition coefficient (Wildman–Crippen LogP) is 4.97. The van der Waals surface area contributed by atoms with Crippen LogP contribution < -0.4 is 5.32 Å². The Hall–Kier alpha value is -1.10. The van der Waals surface area contributed by atoms with E-state index in [2.05, 4.69) is 12.2 Å². The second kappa shape index (κ2) is 8.37. The Kier molecular flexibility index (Phi) is 7.15. The number of nitrogens with one attached hydrogen (secondary N) is 1. The number of rotatable bonds is 9. The lowest BCUT2D eigenvalue weighted by Gasteiger charge is -2.27. The highest BCUT2D eigenvalue weighted by molar-refractivity contribution is 5.27. The molecule has 5 heteroatoms. The summed E-state index contributed by atoms with van der Waals surface area (Å²) in [5, 5.41) is 2.54. The van der Waals surface area contributed by atoms with Crippen molar-refractivity contribution in [3.63, 3.8) is 0 Å². The maximum Gasteiger partial charge on any atom is 0.326 e. The zero-order valence-electron chi connectivity index (χ0n) is 12.5. The van der Waals surface area contributed by atoms with E-state index in [-0.39, 0.29) is 12.1 Å². The smallest absolute Gasteiger partial charge is 0.305 e. The van der Waals surface area contributed by atoms with Gasteiger partial charge in [0.05, 0.1) is 0 Å². The summed E-state index contributed by atoms with van der Waals surface area (Å²) in [6.07, 6.45) is -0.151. The minimum absolute atomic E-state index is 0.203. The van der Waals surface area contributed by atoms with E-state index in [0.717, 1.165) is 24.8 Å². The number of hydrogen-bond acceptors (Lipinski definition) is 1. The van der Waals surface area contributed by atoms with Crippen molar-refractivity contribution in [2.75, 3.05) is 6.54 Å². The molecule has 1 unspecified atom stereocenters. The van der Waals surface area contributed by atoms with Gasteiger partial charge in [-0.25, -0.2) is 8.78 Å². The fraction of sp³-hybridized carbons (Fsp3) is 0.625. The first-order valence-electron chi connectivity index (χ1n) is 7.41. The van der Waals surface area contributed by atoms with E-state index in [1.54, 1.807) is 19.1 Å². The molecule has 0 saturated heterocycles. The maximum atomic E-state index is 13.7. The average molecular weight is 305 g/mol. The lowest BCUT2D eigenvalue weighted by atomic mass is 9.98. The van der Waals surface area contributed by atoms with Crippen LogP contribution in [0.25, 0.3) is 0 Å². The van der Waals surface area contributed by atoms with Gasteiger partial charge in [-0.15, -0.1) is 0 Å². The van der Waals surface area contributed by atoms with Gasteiger partial charge < -0.3 is 5.32 Å². The molecular weight excluding hydrogens is 282 g/mol. The summed E-state index contributed by atoms with van der Waals surface area (Å²) in [5.41, 5.74) is 1.24. The second-order valence-electron chi connectivity index (χ2n) is 5.21. The largest absolute Gasteiger partial charge is 0.326 e. The quantitative estimate of drug-likeness (QED) is 0.635. The molecule has 1 rings (SSSR count). The highest BCUT2D eigenvalue weighted by atomic mass is 19.3. The van der Waals surface area contributed by atoms with Crippen LogP contribution in [-0.4, -0.2) is 18.9 Å². The van der Waals surface area contributed by atoms with E-state index >= 15 is 0 Å². The van der Waals surface area contributed by atoms with Gasteiger partial charge in [0, 0.05) is 0 Å². The third-order valence-corrected chi connectivity index (χ3v) is 3.41. The third kappa shape index (κ3) is 4.99. The number of alkyl halides is 4. The molecule has 1 aromatic carbocycles. The lowest BCUT2D eigenvalue weighted by Crippen LogP contribution is -2.42. The van der Waals surface area contributed by atoms with E-state index in [4.69, 9.17) is 0 Å². The van der Waals surface area contributed by atoms with Crippen LogP contribution in [0.5, 0.6) is 0 Å². The Morgan fingerprint density at radius 2 is 1.67 bits per heavy atom. The molecule has 1 aromatic rings. The topological polar surface area (TPSA) is 12.0 Å². The number of benzene rings is 1. The van der Waals surface area contributed by atoms with Crippen LogP contribution in [-0.2, 0) is 6.42 Å². The lowest BCUT2D eigenvalue weighted by molar-refractivity contribution is -0.151. The molecule has 0 amide bonds. The molecule has 21 heavy (non-hydrogen) atoms. The van der Waals surface area contributed by atoms with E-state index in [1.807, 2.05) is 0 Å². The van der Waals surface area contributed by atoms with Gasteiger partial charge in [-0.05, 0) is 36.9 Å². The monoisotopic (exact) mass is 305 g/mol. The Balaban J connectivity index is 2.92. The van der Waals surface area contributed by atoms with E-state index in [1.165, 1.54) is 12.1 Å². The summed E-state index contributed by atoms with van der Waals surface area (Å²) < 4.78 is 52.7. The number of halogens is 4. The van der Waals surface area contributed by atoms with Crippen LogP contribution >= 0.6 is 0 Å². The molecule has 0 heterocycles. The summed E-state index contributed by atoms with van der Waals surface area (Å²) in [7, 11) is 0. The van der Waals surface area contributed by atoms with Crippen LogP contribution in [0.4, 0.5) is 17.6 Å². The van der Waals surface area contributed by atoms with Gasteiger partial charge in [0.1, 0.15) is 6.04 Å². The Morgan fingerprint density at radius 3 is 2.14 bits per heavy atom. The Bertz CT molecular complexity index is 403. The summed E-state index contributed by atoms with van der Waals surface area (Å²) in [5.74, 6) is -4.08. The number of unbranched alkanes of at least 4 members (excludes halogenated alkanes) is 1. The van der Waals surface area contributed by atoms with Crippen molar-refractivity contribution < 1.29 is 17.6 Å². The molecule has 0 aromatic heterocycles. The van der Waals surface area contributed by atoms with Gasteiger partial charge in [0.2, 0.25) is 0 Å². The van der Waals surface area contributed by atoms with E-state index in [9.17, 15) is 17.6 Å². The number of aryl methyl sites for hydroxylation is 1. The van der Waals surface area contributed by atoms with Crippen LogP contribution in [0.1, 0.15) is 50.3 Å². The first kappa shape index (κ1) is 18.0. The predicted molar refractivity (Wildman–Crippen MR) is 77.0 cm³/mol. The van der Waals surface area contributed by atoms with Crippen molar-refractivity contribution >= 4 is 0 Å².